The van der Waals surface area contributed by atoms with Crippen molar-refractivity contribution >= 4 is 24.7 Å². The average Bonchev–Trinajstić information content (AvgIpc) is 2.38. The fraction of sp³-hybridized carbons (Fsp3) is 0.385. The van der Waals surface area contributed by atoms with Crippen molar-refractivity contribution < 1.29 is 19.1 Å². The number of primary amides is 1. The number of nitrogens with two attached hydrogens (primary N) is 1. The number of benzene rings is 1. The molecule has 0 unspecified atom stereocenters. The molecule has 1 rings (SSSR count). The van der Waals surface area contributed by atoms with Crippen LogP contribution in [-0.2, 0) is 20.0 Å². The van der Waals surface area contributed by atoms with Crippen LogP contribution in [0.3, 0.4) is 0 Å². The first-order valence-electron chi connectivity index (χ1n) is 5.78. The van der Waals surface area contributed by atoms with E-state index in [-0.39, 0.29) is 25.1 Å². The van der Waals surface area contributed by atoms with Crippen LogP contribution in [-0.4, -0.2) is 25.3 Å². The summed E-state index contributed by atoms with van der Waals surface area (Å²) in [7, 11) is 0. The number of hydrogen-bond donors (Lipinski definition) is 2. The molecule has 19 heavy (non-hydrogen) atoms. The molecule has 1 atom stereocenters. The number of rotatable bonds is 6. The number of carbonyl (C=O) groups is 2. The van der Waals surface area contributed by atoms with Crippen LogP contribution in [0.1, 0.15) is 24.0 Å². The Hall–Kier alpha value is -1.69. The van der Waals surface area contributed by atoms with Crippen LogP contribution in [0, 0.1) is 0 Å². The maximum atomic E-state index is 10.9. The Balaban J connectivity index is 2.86. The van der Waals surface area contributed by atoms with Crippen molar-refractivity contribution in [1.29, 1.82) is 0 Å². The Labute approximate surface area is 117 Å². The van der Waals surface area contributed by atoms with E-state index in [1.165, 1.54) is 6.92 Å². The number of carbonyl (C=O) groups excluding carboxylic acids is 2. The van der Waals surface area contributed by atoms with Gasteiger partial charge in [-0.25, -0.2) is 4.79 Å². The largest absolute Gasteiger partial charge is 0.465 e. The highest BCUT2D eigenvalue weighted by Gasteiger charge is 2.18. The smallest absolute Gasteiger partial charge is 0.404 e. The first kappa shape index (κ1) is 15.4. The number of amides is 1. The van der Waals surface area contributed by atoms with Crippen LogP contribution in [0.5, 0.6) is 0 Å². The van der Waals surface area contributed by atoms with E-state index < -0.39 is 6.09 Å². The van der Waals surface area contributed by atoms with Crippen molar-refractivity contribution in [3.05, 3.63) is 35.4 Å². The summed E-state index contributed by atoms with van der Waals surface area (Å²) in [6.45, 7) is 1.53. The summed E-state index contributed by atoms with van der Waals surface area (Å²) in [5.41, 5.74) is 6.89. The molecule has 6 heteroatoms. The van der Waals surface area contributed by atoms with Crippen LogP contribution >= 0.6 is 12.6 Å². The van der Waals surface area contributed by atoms with E-state index in [2.05, 4.69) is 12.6 Å². The molecular weight excluding hydrogens is 266 g/mol. The van der Waals surface area contributed by atoms with Crippen LogP contribution < -0.4 is 5.73 Å². The predicted molar refractivity (Wildman–Crippen MR) is 74.0 cm³/mol. The third-order valence-electron chi connectivity index (χ3n) is 2.58. The maximum Gasteiger partial charge on any atom is 0.404 e. The van der Waals surface area contributed by atoms with Gasteiger partial charge in [0.15, 0.2) is 0 Å². The van der Waals surface area contributed by atoms with Gasteiger partial charge in [-0.3, -0.25) is 4.79 Å². The Bertz CT molecular complexity index is 432. The maximum absolute atomic E-state index is 10.9. The molecule has 104 valence electrons. The van der Waals surface area contributed by atoms with Crippen LogP contribution in [0.15, 0.2) is 24.3 Å². The van der Waals surface area contributed by atoms with Gasteiger partial charge in [-0.05, 0) is 11.1 Å². The van der Waals surface area contributed by atoms with E-state index in [1.54, 1.807) is 0 Å². The molecule has 0 heterocycles. The van der Waals surface area contributed by atoms with E-state index in [9.17, 15) is 9.59 Å². The van der Waals surface area contributed by atoms with Gasteiger partial charge in [0.05, 0.1) is 5.92 Å². The molecule has 0 radical (unpaired) electrons. The van der Waals surface area contributed by atoms with Gasteiger partial charge < -0.3 is 15.2 Å². The molecule has 1 aromatic carbocycles. The van der Waals surface area contributed by atoms with E-state index in [0.29, 0.717) is 5.75 Å². The summed E-state index contributed by atoms with van der Waals surface area (Å²) in [4.78, 5) is 21.6. The minimum atomic E-state index is -0.851. The molecule has 0 saturated heterocycles. The predicted octanol–water partition coefficient (Wildman–Crippen LogP) is 1.86. The van der Waals surface area contributed by atoms with Gasteiger partial charge in [0.1, 0.15) is 13.2 Å². The van der Waals surface area contributed by atoms with Gasteiger partial charge in [-0.15, -0.1) is 0 Å². The van der Waals surface area contributed by atoms with E-state index in [1.807, 2.05) is 24.3 Å². The SMILES string of the molecule is CC(=O)OC[C@H](COC(N)=O)c1ccccc1CS. The van der Waals surface area contributed by atoms with Crippen LogP contribution in [0.4, 0.5) is 4.79 Å². The summed E-state index contributed by atoms with van der Waals surface area (Å²) < 4.78 is 9.81. The van der Waals surface area contributed by atoms with Crippen molar-refractivity contribution in [2.24, 2.45) is 5.73 Å². The minimum Gasteiger partial charge on any atom is -0.465 e. The fourth-order valence-corrected chi connectivity index (χ4v) is 1.99. The molecule has 5 nitrogen and oxygen atoms in total. The van der Waals surface area contributed by atoms with Crippen molar-refractivity contribution in [3.8, 4) is 0 Å². The number of esters is 1. The third-order valence-corrected chi connectivity index (χ3v) is 2.92. The molecule has 0 saturated carbocycles. The monoisotopic (exact) mass is 283 g/mol. The summed E-state index contributed by atoms with van der Waals surface area (Å²) in [6.07, 6.45) is -0.851. The molecule has 0 bridgehead atoms. The van der Waals surface area contributed by atoms with Gasteiger partial charge in [-0.2, -0.15) is 12.6 Å². The highest BCUT2D eigenvalue weighted by Crippen LogP contribution is 2.22. The van der Waals surface area contributed by atoms with Crippen LogP contribution in [0.2, 0.25) is 0 Å². The standard InChI is InChI=1S/C13H17NO4S/c1-9(15)17-6-11(7-18-13(14)16)12-5-3-2-4-10(12)8-19/h2-5,11,19H,6-8H2,1H3,(H2,14,16)/t11-/m1/s1. The molecule has 0 aliphatic heterocycles. The molecule has 0 aliphatic rings. The fourth-order valence-electron chi connectivity index (χ4n) is 1.70. The topological polar surface area (TPSA) is 78.6 Å². The lowest BCUT2D eigenvalue weighted by atomic mass is 9.96. The van der Waals surface area contributed by atoms with E-state index in [4.69, 9.17) is 15.2 Å². The molecule has 0 aliphatic carbocycles. The first-order chi connectivity index (χ1) is 9.04. The van der Waals surface area contributed by atoms with E-state index in [0.717, 1.165) is 11.1 Å². The number of hydrogen-bond acceptors (Lipinski definition) is 5. The lowest BCUT2D eigenvalue weighted by Crippen LogP contribution is -2.22. The van der Waals surface area contributed by atoms with Crippen molar-refractivity contribution in [1.82, 2.24) is 0 Å². The molecule has 0 fully saturated rings. The zero-order valence-corrected chi connectivity index (χ0v) is 11.6. The van der Waals surface area contributed by atoms with Gasteiger partial charge in [0.2, 0.25) is 0 Å². The molecule has 0 spiro atoms. The molecule has 1 amide bonds. The van der Waals surface area contributed by atoms with E-state index >= 15 is 0 Å². The third kappa shape index (κ3) is 5.21. The van der Waals surface area contributed by atoms with Gasteiger partial charge in [-0.1, -0.05) is 24.3 Å². The highest BCUT2D eigenvalue weighted by atomic mass is 32.1. The minimum absolute atomic E-state index is 0.0629. The van der Waals surface area contributed by atoms with Crippen LogP contribution in [0.25, 0.3) is 0 Å². The quantitative estimate of drug-likeness (QED) is 0.617. The Kier molecular flexibility index (Phi) is 6.21. The normalized spacial score (nSPS) is 11.7. The summed E-state index contributed by atoms with van der Waals surface area (Å²) in [6, 6.07) is 7.58. The molecule has 0 aromatic heterocycles. The Morgan fingerprint density at radius 3 is 2.47 bits per heavy atom. The second kappa shape index (κ2) is 7.68. The van der Waals surface area contributed by atoms with Gasteiger partial charge in [0.25, 0.3) is 0 Å². The van der Waals surface area contributed by atoms with Gasteiger partial charge in [0, 0.05) is 12.7 Å². The number of thiol groups is 1. The summed E-state index contributed by atoms with van der Waals surface area (Å²) >= 11 is 4.25. The number of ether oxygens (including phenoxy) is 2. The van der Waals surface area contributed by atoms with Crippen molar-refractivity contribution in [3.63, 3.8) is 0 Å². The molecule has 1 aromatic rings. The Morgan fingerprint density at radius 1 is 1.26 bits per heavy atom. The zero-order valence-electron chi connectivity index (χ0n) is 10.7. The zero-order chi connectivity index (χ0) is 14.3. The average molecular weight is 283 g/mol. The Morgan fingerprint density at radius 2 is 1.89 bits per heavy atom. The van der Waals surface area contributed by atoms with Gasteiger partial charge >= 0.3 is 12.1 Å². The highest BCUT2D eigenvalue weighted by molar-refractivity contribution is 7.79. The lowest BCUT2D eigenvalue weighted by Gasteiger charge is -2.19. The van der Waals surface area contributed by atoms with Crippen molar-refractivity contribution in [2.75, 3.05) is 13.2 Å². The second-order valence-electron chi connectivity index (χ2n) is 3.99. The second-order valence-corrected chi connectivity index (χ2v) is 4.30. The summed E-state index contributed by atoms with van der Waals surface area (Å²) in [5, 5.41) is 0. The molecular formula is C13H17NO4S. The lowest BCUT2D eigenvalue weighted by molar-refractivity contribution is -0.141. The van der Waals surface area contributed by atoms with Crippen molar-refractivity contribution in [2.45, 2.75) is 18.6 Å². The summed E-state index contributed by atoms with van der Waals surface area (Å²) in [5.74, 6) is -0.0873. The molecule has 2 N–H and O–H groups in total. The first-order valence-corrected chi connectivity index (χ1v) is 6.42.